The van der Waals surface area contributed by atoms with Crippen LogP contribution in [0.5, 0.6) is 5.75 Å². The van der Waals surface area contributed by atoms with Gasteiger partial charge in [-0.05, 0) is 43.7 Å². The molecule has 0 heterocycles. The van der Waals surface area contributed by atoms with E-state index in [9.17, 15) is 4.79 Å². The normalized spacial score (nSPS) is 10.0. The van der Waals surface area contributed by atoms with Crippen LogP contribution in [0.1, 0.15) is 22.8 Å². The van der Waals surface area contributed by atoms with Gasteiger partial charge in [-0.15, -0.1) is 0 Å². The van der Waals surface area contributed by atoms with Gasteiger partial charge in [0.1, 0.15) is 5.75 Å². The Hall–Kier alpha value is -2.49. The Morgan fingerprint density at radius 1 is 1.19 bits per heavy atom. The van der Waals surface area contributed by atoms with Gasteiger partial charge in [0.25, 0.3) is 5.91 Å². The maximum absolute atomic E-state index is 12.4. The highest BCUT2D eigenvalue weighted by Gasteiger charge is 2.11. The zero-order valence-electron chi connectivity index (χ0n) is 12.6. The summed E-state index contributed by atoms with van der Waals surface area (Å²) in [6.07, 6.45) is 0. The Morgan fingerprint density at radius 2 is 2.00 bits per heavy atom. The van der Waals surface area contributed by atoms with E-state index in [0.29, 0.717) is 17.9 Å². The Balaban J connectivity index is 2.20. The summed E-state index contributed by atoms with van der Waals surface area (Å²) in [5, 5.41) is 5.94. The van der Waals surface area contributed by atoms with Gasteiger partial charge in [-0.25, -0.2) is 0 Å². The highest BCUT2D eigenvalue weighted by atomic mass is 16.5. The predicted octanol–water partition coefficient (Wildman–Crippen LogP) is 3.69. The van der Waals surface area contributed by atoms with Crippen LogP contribution >= 0.6 is 0 Å². The second kappa shape index (κ2) is 6.79. The fraction of sp³-hybridized carbons (Fsp3) is 0.235. The SMILES string of the molecule is CCOc1cccc(NC(=O)c2ccc(C)cc2NC)c1. The van der Waals surface area contributed by atoms with E-state index in [1.807, 2.05) is 56.3 Å². The zero-order chi connectivity index (χ0) is 15.2. The topological polar surface area (TPSA) is 50.4 Å². The lowest BCUT2D eigenvalue weighted by Crippen LogP contribution is -2.14. The van der Waals surface area contributed by atoms with Gasteiger partial charge in [0, 0.05) is 24.5 Å². The van der Waals surface area contributed by atoms with Crippen LogP contribution in [0.15, 0.2) is 42.5 Å². The van der Waals surface area contributed by atoms with Crippen molar-refractivity contribution < 1.29 is 9.53 Å². The molecule has 0 unspecified atom stereocenters. The molecule has 0 atom stereocenters. The minimum atomic E-state index is -0.145. The standard InChI is InChI=1S/C17H20N2O2/c1-4-21-14-7-5-6-13(11-14)19-17(20)15-9-8-12(2)10-16(15)18-3/h5-11,18H,4H2,1-3H3,(H,19,20). The van der Waals surface area contributed by atoms with Crippen molar-refractivity contribution in [3.05, 3.63) is 53.6 Å². The van der Waals surface area contributed by atoms with Crippen LogP contribution in [-0.4, -0.2) is 19.6 Å². The van der Waals surface area contributed by atoms with E-state index >= 15 is 0 Å². The summed E-state index contributed by atoms with van der Waals surface area (Å²) in [6, 6.07) is 13.1. The first kappa shape index (κ1) is 14.9. The molecule has 4 nitrogen and oxygen atoms in total. The second-order valence-electron chi connectivity index (χ2n) is 4.71. The molecule has 0 aliphatic rings. The van der Waals surface area contributed by atoms with Gasteiger partial charge in [0.2, 0.25) is 0 Å². The van der Waals surface area contributed by atoms with E-state index in [1.165, 1.54) is 0 Å². The number of anilines is 2. The van der Waals surface area contributed by atoms with Crippen molar-refractivity contribution in [2.24, 2.45) is 0 Å². The Labute approximate surface area is 125 Å². The van der Waals surface area contributed by atoms with E-state index in [4.69, 9.17) is 4.74 Å². The van der Waals surface area contributed by atoms with Gasteiger partial charge in [-0.3, -0.25) is 4.79 Å². The first-order valence-corrected chi connectivity index (χ1v) is 6.96. The third-order valence-corrected chi connectivity index (χ3v) is 3.09. The zero-order valence-corrected chi connectivity index (χ0v) is 12.6. The molecule has 2 aromatic rings. The lowest BCUT2D eigenvalue weighted by molar-refractivity contribution is 0.102. The maximum atomic E-state index is 12.4. The molecule has 0 fully saturated rings. The van der Waals surface area contributed by atoms with Crippen LogP contribution in [-0.2, 0) is 0 Å². The van der Waals surface area contributed by atoms with E-state index in [-0.39, 0.29) is 5.91 Å². The third kappa shape index (κ3) is 3.75. The van der Waals surface area contributed by atoms with E-state index in [0.717, 1.165) is 17.0 Å². The molecule has 1 amide bonds. The molecule has 0 bridgehead atoms. The molecule has 4 heteroatoms. The van der Waals surface area contributed by atoms with Crippen LogP contribution in [0.3, 0.4) is 0 Å². The molecule has 2 rings (SSSR count). The largest absolute Gasteiger partial charge is 0.494 e. The van der Waals surface area contributed by atoms with Crippen molar-refractivity contribution in [1.29, 1.82) is 0 Å². The van der Waals surface area contributed by atoms with Crippen molar-refractivity contribution >= 4 is 17.3 Å². The van der Waals surface area contributed by atoms with Crippen LogP contribution in [0.4, 0.5) is 11.4 Å². The first-order chi connectivity index (χ1) is 10.1. The number of hydrogen-bond donors (Lipinski definition) is 2. The number of carbonyl (C=O) groups excluding carboxylic acids is 1. The number of aryl methyl sites for hydroxylation is 1. The predicted molar refractivity (Wildman–Crippen MR) is 86.3 cm³/mol. The summed E-state index contributed by atoms with van der Waals surface area (Å²) in [7, 11) is 1.81. The fourth-order valence-corrected chi connectivity index (χ4v) is 2.09. The van der Waals surface area contributed by atoms with Crippen molar-refractivity contribution in [1.82, 2.24) is 0 Å². The molecule has 0 radical (unpaired) electrons. The molecule has 0 aromatic heterocycles. The van der Waals surface area contributed by atoms with Crippen molar-refractivity contribution in [2.45, 2.75) is 13.8 Å². The monoisotopic (exact) mass is 284 g/mol. The Kier molecular flexibility index (Phi) is 4.82. The van der Waals surface area contributed by atoms with E-state index in [2.05, 4.69) is 10.6 Å². The lowest BCUT2D eigenvalue weighted by Gasteiger charge is -2.11. The molecule has 0 aliphatic carbocycles. The van der Waals surface area contributed by atoms with Crippen LogP contribution in [0, 0.1) is 6.92 Å². The average Bonchev–Trinajstić information content (AvgIpc) is 2.47. The van der Waals surface area contributed by atoms with Gasteiger partial charge >= 0.3 is 0 Å². The number of ether oxygens (including phenoxy) is 1. The average molecular weight is 284 g/mol. The summed E-state index contributed by atoms with van der Waals surface area (Å²) < 4.78 is 5.43. The number of rotatable bonds is 5. The van der Waals surface area contributed by atoms with E-state index < -0.39 is 0 Å². The highest BCUT2D eigenvalue weighted by molar-refractivity contribution is 6.08. The van der Waals surface area contributed by atoms with Crippen molar-refractivity contribution in [2.75, 3.05) is 24.3 Å². The highest BCUT2D eigenvalue weighted by Crippen LogP contribution is 2.21. The van der Waals surface area contributed by atoms with Gasteiger partial charge in [-0.1, -0.05) is 12.1 Å². The van der Waals surface area contributed by atoms with Crippen LogP contribution in [0.25, 0.3) is 0 Å². The third-order valence-electron chi connectivity index (χ3n) is 3.09. The van der Waals surface area contributed by atoms with Gasteiger partial charge in [-0.2, -0.15) is 0 Å². The number of hydrogen-bond acceptors (Lipinski definition) is 3. The first-order valence-electron chi connectivity index (χ1n) is 6.96. The van der Waals surface area contributed by atoms with Gasteiger partial charge in [0.15, 0.2) is 0 Å². The smallest absolute Gasteiger partial charge is 0.257 e. The molecular formula is C17H20N2O2. The number of nitrogens with one attached hydrogen (secondary N) is 2. The van der Waals surface area contributed by atoms with Gasteiger partial charge in [0.05, 0.1) is 12.2 Å². The second-order valence-corrected chi connectivity index (χ2v) is 4.71. The summed E-state index contributed by atoms with van der Waals surface area (Å²) in [5.74, 6) is 0.598. The van der Waals surface area contributed by atoms with Crippen LogP contribution < -0.4 is 15.4 Å². The lowest BCUT2D eigenvalue weighted by atomic mass is 10.1. The molecule has 0 saturated carbocycles. The molecular weight excluding hydrogens is 264 g/mol. The Morgan fingerprint density at radius 3 is 2.71 bits per heavy atom. The Bertz CT molecular complexity index is 638. The van der Waals surface area contributed by atoms with Gasteiger partial charge < -0.3 is 15.4 Å². The van der Waals surface area contributed by atoms with Crippen LogP contribution in [0.2, 0.25) is 0 Å². The molecule has 2 N–H and O–H groups in total. The number of benzene rings is 2. The molecule has 0 spiro atoms. The van der Waals surface area contributed by atoms with Crippen molar-refractivity contribution in [3.8, 4) is 5.75 Å². The summed E-state index contributed by atoms with van der Waals surface area (Å²) in [5.41, 5.74) is 3.25. The summed E-state index contributed by atoms with van der Waals surface area (Å²) >= 11 is 0. The number of carbonyl (C=O) groups is 1. The minimum absolute atomic E-state index is 0.145. The molecule has 21 heavy (non-hydrogen) atoms. The summed E-state index contributed by atoms with van der Waals surface area (Å²) in [6.45, 7) is 4.52. The number of amides is 1. The fourth-order valence-electron chi connectivity index (χ4n) is 2.09. The molecule has 0 aliphatic heterocycles. The molecule has 0 saturated heterocycles. The molecule has 110 valence electrons. The minimum Gasteiger partial charge on any atom is -0.494 e. The van der Waals surface area contributed by atoms with E-state index in [1.54, 1.807) is 7.05 Å². The maximum Gasteiger partial charge on any atom is 0.257 e. The summed E-state index contributed by atoms with van der Waals surface area (Å²) in [4.78, 5) is 12.4. The molecule has 2 aromatic carbocycles. The quantitative estimate of drug-likeness (QED) is 0.880. The van der Waals surface area contributed by atoms with Crippen molar-refractivity contribution in [3.63, 3.8) is 0 Å².